The highest BCUT2D eigenvalue weighted by atomic mass is 16.6. The molecule has 6 heteroatoms. The summed E-state index contributed by atoms with van der Waals surface area (Å²) in [5, 5.41) is 5.47. The third kappa shape index (κ3) is 7.45. The molecule has 0 aliphatic carbocycles. The van der Waals surface area contributed by atoms with Crippen LogP contribution in [0.15, 0.2) is 24.3 Å². The standard InChI is InChI=1S/C19H30N2O4/c1-12(2)16(21-18(23)25-19(5,6)7)17(22)20-14-10-8-9-11-15(14)24-13(3)4/h8-13,16H,1-7H3,(H,20,22)(H,21,23). The monoisotopic (exact) mass is 350 g/mol. The molecule has 0 fully saturated rings. The molecule has 2 N–H and O–H groups in total. The molecule has 1 aromatic carbocycles. The molecule has 6 nitrogen and oxygen atoms in total. The van der Waals surface area contributed by atoms with Crippen molar-refractivity contribution < 1.29 is 19.1 Å². The van der Waals surface area contributed by atoms with Gasteiger partial charge in [-0.05, 0) is 52.7 Å². The first kappa shape index (κ1) is 20.8. The maximum atomic E-state index is 12.7. The summed E-state index contributed by atoms with van der Waals surface area (Å²) in [6.45, 7) is 12.9. The van der Waals surface area contributed by atoms with Crippen LogP contribution in [0, 0.1) is 5.92 Å². The number of hydrogen-bond donors (Lipinski definition) is 2. The fourth-order valence-corrected chi connectivity index (χ4v) is 2.11. The molecular weight excluding hydrogens is 320 g/mol. The number of ether oxygens (including phenoxy) is 2. The highest BCUT2D eigenvalue weighted by Crippen LogP contribution is 2.25. The molecule has 0 bridgehead atoms. The second-order valence-corrected chi connectivity index (χ2v) is 7.52. The fraction of sp³-hybridized carbons (Fsp3) is 0.579. The van der Waals surface area contributed by atoms with Gasteiger partial charge in [-0.3, -0.25) is 4.79 Å². The summed E-state index contributed by atoms with van der Waals surface area (Å²) in [4.78, 5) is 24.7. The first-order valence-electron chi connectivity index (χ1n) is 8.55. The molecule has 1 unspecified atom stereocenters. The van der Waals surface area contributed by atoms with Gasteiger partial charge in [-0.1, -0.05) is 26.0 Å². The Bertz CT molecular complexity index is 591. The summed E-state index contributed by atoms with van der Waals surface area (Å²) in [6.07, 6.45) is -0.632. The second kappa shape index (κ2) is 8.74. The number of hydrogen-bond acceptors (Lipinski definition) is 4. The maximum Gasteiger partial charge on any atom is 0.408 e. The lowest BCUT2D eigenvalue weighted by Gasteiger charge is -2.25. The Morgan fingerprint density at radius 1 is 1.04 bits per heavy atom. The molecule has 1 atom stereocenters. The number of rotatable bonds is 6. The summed E-state index contributed by atoms with van der Waals surface area (Å²) in [7, 11) is 0. The lowest BCUT2D eigenvalue weighted by molar-refractivity contribution is -0.119. The van der Waals surface area contributed by atoms with Crippen LogP contribution in [0.5, 0.6) is 5.75 Å². The van der Waals surface area contributed by atoms with Crippen LogP contribution in [0.1, 0.15) is 48.5 Å². The van der Waals surface area contributed by atoms with Crippen LogP contribution in [0.3, 0.4) is 0 Å². The van der Waals surface area contributed by atoms with Gasteiger partial charge in [-0.25, -0.2) is 4.79 Å². The van der Waals surface area contributed by atoms with Gasteiger partial charge in [0, 0.05) is 0 Å². The molecule has 2 amide bonds. The first-order valence-corrected chi connectivity index (χ1v) is 8.55. The van der Waals surface area contributed by atoms with Gasteiger partial charge in [0.15, 0.2) is 0 Å². The fourth-order valence-electron chi connectivity index (χ4n) is 2.11. The Morgan fingerprint density at radius 3 is 2.16 bits per heavy atom. The van der Waals surface area contributed by atoms with E-state index in [4.69, 9.17) is 9.47 Å². The Morgan fingerprint density at radius 2 is 1.64 bits per heavy atom. The van der Waals surface area contributed by atoms with E-state index in [0.29, 0.717) is 11.4 Å². The summed E-state index contributed by atoms with van der Waals surface area (Å²) < 4.78 is 10.9. The lowest BCUT2D eigenvalue weighted by Crippen LogP contribution is -2.48. The van der Waals surface area contributed by atoms with Crippen molar-refractivity contribution in [1.82, 2.24) is 5.32 Å². The van der Waals surface area contributed by atoms with E-state index in [1.54, 1.807) is 32.9 Å². The number of carbonyl (C=O) groups is 2. The van der Waals surface area contributed by atoms with E-state index >= 15 is 0 Å². The molecule has 1 rings (SSSR count). The average Bonchev–Trinajstić information content (AvgIpc) is 2.44. The number of anilines is 1. The van der Waals surface area contributed by atoms with Crippen LogP contribution >= 0.6 is 0 Å². The highest BCUT2D eigenvalue weighted by molar-refractivity contribution is 5.97. The molecule has 0 heterocycles. The highest BCUT2D eigenvalue weighted by Gasteiger charge is 2.27. The quantitative estimate of drug-likeness (QED) is 0.814. The Balaban J connectivity index is 2.86. The van der Waals surface area contributed by atoms with Crippen molar-refractivity contribution in [2.45, 2.75) is 66.2 Å². The molecule has 0 radical (unpaired) electrons. The lowest BCUT2D eigenvalue weighted by atomic mass is 10.0. The predicted molar refractivity (Wildman–Crippen MR) is 98.8 cm³/mol. The zero-order valence-corrected chi connectivity index (χ0v) is 16.2. The molecule has 0 aliphatic rings. The minimum Gasteiger partial charge on any atom is -0.489 e. The topological polar surface area (TPSA) is 76.7 Å². The van der Waals surface area contributed by atoms with Crippen LogP contribution in [-0.2, 0) is 9.53 Å². The third-order valence-corrected chi connectivity index (χ3v) is 3.13. The molecule has 0 aliphatic heterocycles. The zero-order chi connectivity index (χ0) is 19.2. The van der Waals surface area contributed by atoms with Gasteiger partial charge in [0.2, 0.25) is 5.91 Å². The molecule has 0 saturated carbocycles. The van der Waals surface area contributed by atoms with E-state index in [2.05, 4.69) is 10.6 Å². The van der Waals surface area contributed by atoms with Crippen LogP contribution in [-0.4, -0.2) is 29.7 Å². The molecule has 0 spiro atoms. The summed E-state index contributed by atoms with van der Waals surface area (Å²) in [5.41, 5.74) is -0.0578. The van der Waals surface area contributed by atoms with Gasteiger partial charge in [0.1, 0.15) is 17.4 Å². The van der Waals surface area contributed by atoms with Crippen molar-refractivity contribution in [2.24, 2.45) is 5.92 Å². The second-order valence-electron chi connectivity index (χ2n) is 7.52. The summed E-state index contributed by atoms with van der Waals surface area (Å²) in [6, 6.07) is 6.49. The minimum atomic E-state index is -0.720. The third-order valence-electron chi connectivity index (χ3n) is 3.13. The number of nitrogens with one attached hydrogen (secondary N) is 2. The Kier molecular flexibility index (Phi) is 7.27. The van der Waals surface area contributed by atoms with Gasteiger partial charge in [-0.15, -0.1) is 0 Å². The number of benzene rings is 1. The van der Waals surface area contributed by atoms with E-state index in [-0.39, 0.29) is 17.9 Å². The van der Waals surface area contributed by atoms with E-state index in [1.165, 1.54) is 0 Å². The molecule has 1 aromatic rings. The van der Waals surface area contributed by atoms with Gasteiger partial charge in [0.05, 0.1) is 11.8 Å². The Labute approximate surface area is 150 Å². The van der Waals surface area contributed by atoms with Crippen molar-refractivity contribution in [1.29, 1.82) is 0 Å². The normalized spacial score (nSPS) is 12.7. The molecular formula is C19H30N2O4. The van der Waals surface area contributed by atoms with Crippen LogP contribution in [0.4, 0.5) is 10.5 Å². The summed E-state index contributed by atoms with van der Waals surface area (Å²) >= 11 is 0. The van der Waals surface area contributed by atoms with Crippen molar-refractivity contribution in [3.05, 3.63) is 24.3 Å². The molecule has 140 valence electrons. The zero-order valence-electron chi connectivity index (χ0n) is 16.2. The largest absolute Gasteiger partial charge is 0.489 e. The number of para-hydroxylation sites is 2. The Hall–Kier alpha value is -2.24. The first-order chi connectivity index (χ1) is 11.5. The van der Waals surface area contributed by atoms with Crippen molar-refractivity contribution in [2.75, 3.05) is 5.32 Å². The number of amides is 2. The molecule has 25 heavy (non-hydrogen) atoms. The van der Waals surface area contributed by atoms with Crippen molar-refractivity contribution in [3.63, 3.8) is 0 Å². The molecule has 0 saturated heterocycles. The van der Waals surface area contributed by atoms with E-state index in [9.17, 15) is 9.59 Å². The van der Waals surface area contributed by atoms with Crippen LogP contribution in [0.2, 0.25) is 0 Å². The number of carbonyl (C=O) groups excluding carboxylic acids is 2. The van der Waals surface area contributed by atoms with E-state index in [0.717, 1.165) is 0 Å². The van der Waals surface area contributed by atoms with E-state index < -0.39 is 17.7 Å². The van der Waals surface area contributed by atoms with Crippen LogP contribution < -0.4 is 15.4 Å². The maximum absolute atomic E-state index is 12.7. The SMILES string of the molecule is CC(C)Oc1ccccc1NC(=O)C(NC(=O)OC(C)(C)C)C(C)C. The number of alkyl carbamates (subject to hydrolysis) is 1. The average molecular weight is 350 g/mol. The van der Waals surface area contributed by atoms with E-state index in [1.807, 2.05) is 39.8 Å². The van der Waals surface area contributed by atoms with Crippen LogP contribution in [0.25, 0.3) is 0 Å². The predicted octanol–water partition coefficient (Wildman–Crippen LogP) is 3.96. The smallest absolute Gasteiger partial charge is 0.408 e. The van der Waals surface area contributed by atoms with Crippen molar-refractivity contribution in [3.8, 4) is 5.75 Å². The minimum absolute atomic E-state index is 0.0150. The van der Waals surface area contributed by atoms with Crippen molar-refractivity contribution >= 4 is 17.7 Å². The summed E-state index contributed by atoms with van der Waals surface area (Å²) in [5.74, 6) is 0.164. The van der Waals surface area contributed by atoms with Gasteiger partial charge in [-0.2, -0.15) is 0 Å². The van der Waals surface area contributed by atoms with Gasteiger partial charge < -0.3 is 20.1 Å². The molecule has 0 aromatic heterocycles. The van der Waals surface area contributed by atoms with Gasteiger partial charge in [0.25, 0.3) is 0 Å². The van der Waals surface area contributed by atoms with Gasteiger partial charge >= 0.3 is 6.09 Å².